The molecule has 0 aliphatic rings. The molecule has 0 bridgehead atoms. The van der Waals surface area contributed by atoms with Gasteiger partial charge >= 0.3 is 0 Å². The van der Waals surface area contributed by atoms with Crippen LogP contribution in [0, 0.1) is 17.0 Å². The van der Waals surface area contributed by atoms with Gasteiger partial charge in [0.2, 0.25) is 0 Å². The highest BCUT2D eigenvalue weighted by Gasteiger charge is 2.17. The van der Waals surface area contributed by atoms with Crippen LogP contribution in [0.4, 0.5) is 5.69 Å². The molecule has 7 nitrogen and oxygen atoms in total. The topological polar surface area (TPSA) is 93.8 Å². The highest BCUT2D eigenvalue weighted by atomic mass is 35.5. The smallest absolute Gasteiger partial charge is 0.280 e. The molecule has 0 radical (unpaired) electrons. The number of pyridine rings is 1. The minimum Gasteiger partial charge on any atom is -0.290 e. The number of halogens is 1. The summed E-state index contributed by atoms with van der Waals surface area (Å²) < 4.78 is 1.41. The number of nitrogens with one attached hydrogen (secondary N) is 1. The molecule has 27 heavy (non-hydrogen) atoms. The van der Waals surface area contributed by atoms with E-state index in [4.69, 9.17) is 11.6 Å². The van der Waals surface area contributed by atoms with Crippen LogP contribution in [0.2, 0.25) is 5.02 Å². The third-order valence-electron chi connectivity index (χ3n) is 4.36. The minimum atomic E-state index is -0.450. The van der Waals surface area contributed by atoms with E-state index in [9.17, 15) is 14.9 Å². The molecule has 2 heterocycles. The molecule has 0 atom stereocenters. The summed E-state index contributed by atoms with van der Waals surface area (Å²) in [5, 5.41) is 15.2. The zero-order valence-corrected chi connectivity index (χ0v) is 14.9. The van der Waals surface area contributed by atoms with E-state index in [-0.39, 0.29) is 11.2 Å². The Balaban J connectivity index is 1.99. The quantitative estimate of drug-likeness (QED) is 0.424. The number of non-ortho nitro benzene ring substituents is 1. The third-order valence-corrected chi connectivity index (χ3v) is 4.61. The van der Waals surface area contributed by atoms with Crippen molar-refractivity contribution in [2.24, 2.45) is 0 Å². The number of hydrogen-bond donors (Lipinski definition) is 1. The molecular weight excluding hydrogens is 368 g/mol. The van der Waals surface area contributed by atoms with Gasteiger partial charge in [-0.3, -0.25) is 25.0 Å². The maximum Gasteiger partial charge on any atom is 0.280 e. The summed E-state index contributed by atoms with van der Waals surface area (Å²) in [6, 6.07) is 13.1. The van der Waals surface area contributed by atoms with E-state index in [1.165, 1.54) is 23.0 Å². The number of aryl methyl sites for hydroxylation is 1. The number of aromatic nitrogens is 3. The van der Waals surface area contributed by atoms with Gasteiger partial charge in [-0.1, -0.05) is 23.7 Å². The number of fused-ring (bicyclic) bond motifs is 1. The van der Waals surface area contributed by atoms with Gasteiger partial charge < -0.3 is 0 Å². The first-order valence-electron chi connectivity index (χ1n) is 8.07. The number of nitro benzene ring substituents is 1. The van der Waals surface area contributed by atoms with Crippen LogP contribution in [-0.4, -0.2) is 19.7 Å². The Morgan fingerprint density at radius 1 is 1.19 bits per heavy atom. The molecule has 4 rings (SSSR count). The minimum absolute atomic E-state index is 0.0246. The first kappa shape index (κ1) is 17.0. The van der Waals surface area contributed by atoms with Gasteiger partial charge in [-0.25, -0.2) is 4.68 Å². The molecule has 0 spiro atoms. The highest BCUT2D eigenvalue weighted by molar-refractivity contribution is 6.30. The molecule has 1 N–H and O–H groups in total. The van der Waals surface area contributed by atoms with Crippen LogP contribution in [0.5, 0.6) is 0 Å². The lowest BCUT2D eigenvalue weighted by molar-refractivity contribution is -0.384. The van der Waals surface area contributed by atoms with Gasteiger partial charge in [0, 0.05) is 34.6 Å². The lowest BCUT2D eigenvalue weighted by Crippen LogP contribution is -2.14. The number of hydrogen-bond acceptors (Lipinski definition) is 4. The summed E-state index contributed by atoms with van der Waals surface area (Å²) in [6.45, 7) is 1.80. The maximum absolute atomic E-state index is 12.8. The number of aromatic amines is 1. The highest BCUT2D eigenvalue weighted by Crippen LogP contribution is 2.31. The summed E-state index contributed by atoms with van der Waals surface area (Å²) in [5.74, 6) is 0. The Kier molecular flexibility index (Phi) is 4.01. The van der Waals surface area contributed by atoms with Gasteiger partial charge in [0.1, 0.15) is 0 Å². The predicted molar refractivity (Wildman–Crippen MR) is 104 cm³/mol. The second kappa shape index (κ2) is 6.37. The van der Waals surface area contributed by atoms with Crippen molar-refractivity contribution >= 4 is 28.2 Å². The van der Waals surface area contributed by atoms with Crippen LogP contribution < -0.4 is 5.56 Å². The first-order valence-corrected chi connectivity index (χ1v) is 8.44. The van der Waals surface area contributed by atoms with E-state index in [0.717, 1.165) is 0 Å². The second-order valence-corrected chi connectivity index (χ2v) is 6.48. The molecule has 8 heteroatoms. The van der Waals surface area contributed by atoms with Crippen molar-refractivity contribution in [3.63, 3.8) is 0 Å². The van der Waals surface area contributed by atoms with Crippen LogP contribution in [0.1, 0.15) is 5.69 Å². The van der Waals surface area contributed by atoms with E-state index in [0.29, 0.717) is 38.4 Å². The lowest BCUT2D eigenvalue weighted by Gasteiger charge is -2.07. The zero-order valence-electron chi connectivity index (χ0n) is 14.1. The van der Waals surface area contributed by atoms with E-state index >= 15 is 0 Å². The van der Waals surface area contributed by atoms with Gasteiger partial charge in [0.05, 0.1) is 21.5 Å². The van der Waals surface area contributed by atoms with Crippen LogP contribution in [-0.2, 0) is 0 Å². The Hall–Kier alpha value is -3.45. The molecule has 4 aromatic rings. The zero-order chi connectivity index (χ0) is 19.1. The Morgan fingerprint density at radius 2 is 1.93 bits per heavy atom. The second-order valence-electron chi connectivity index (χ2n) is 6.04. The Labute approximate surface area is 158 Å². The average molecular weight is 381 g/mol. The molecule has 2 aromatic carbocycles. The van der Waals surface area contributed by atoms with Crippen molar-refractivity contribution in [2.45, 2.75) is 6.92 Å². The van der Waals surface area contributed by atoms with Gasteiger partial charge in [-0.15, -0.1) is 0 Å². The Bertz CT molecular complexity index is 1240. The fraction of sp³-hybridized carbons (Fsp3) is 0.0526. The van der Waals surface area contributed by atoms with E-state index in [1.807, 2.05) is 0 Å². The summed E-state index contributed by atoms with van der Waals surface area (Å²) in [6.07, 6.45) is 1.51. The molecule has 0 saturated heterocycles. The van der Waals surface area contributed by atoms with Crippen LogP contribution in [0.25, 0.3) is 27.7 Å². The summed E-state index contributed by atoms with van der Waals surface area (Å²) in [7, 11) is 0. The van der Waals surface area contributed by atoms with E-state index in [2.05, 4.69) is 10.1 Å². The van der Waals surface area contributed by atoms with Crippen LogP contribution in [0.3, 0.4) is 0 Å². The number of H-pyrrole nitrogens is 1. The fourth-order valence-electron chi connectivity index (χ4n) is 3.07. The lowest BCUT2D eigenvalue weighted by atomic mass is 10.0. The van der Waals surface area contributed by atoms with E-state index in [1.54, 1.807) is 43.3 Å². The average Bonchev–Trinajstić information content (AvgIpc) is 2.99. The molecule has 134 valence electrons. The van der Waals surface area contributed by atoms with Gasteiger partial charge in [-0.05, 0) is 36.8 Å². The largest absolute Gasteiger partial charge is 0.290 e. The standard InChI is InChI=1S/C19H13ClN4O3/c1-11-17(12-3-2-4-15(9-12)24(26)27)18-16(10-21-11)19(25)23(22-18)14-7-5-13(20)6-8-14/h2-10,22H,1H3. The predicted octanol–water partition coefficient (Wildman–Crippen LogP) is 4.25. The molecule has 0 saturated carbocycles. The molecule has 2 aromatic heterocycles. The molecule has 0 fully saturated rings. The number of nitrogens with zero attached hydrogens (tertiary/aromatic N) is 3. The maximum atomic E-state index is 12.8. The first-order chi connectivity index (χ1) is 13.0. The van der Waals surface area contributed by atoms with Gasteiger partial charge in [0.15, 0.2) is 0 Å². The van der Waals surface area contributed by atoms with Crippen molar-refractivity contribution in [3.8, 4) is 16.8 Å². The number of rotatable bonds is 3. The van der Waals surface area contributed by atoms with Gasteiger partial charge in [-0.2, -0.15) is 0 Å². The summed E-state index contributed by atoms with van der Waals surface area (Å²) >= 11 is 5.92. The van der Waals surface area contributed by atoms with Crippen molar-refractivity contribution in [1.29, 1.82) is 0 Å². The number of benzene rings is 2. The number of nitro groups is 1. The SMILES string of the molecule is Cc1ncc2c(=O)n(-c3ccc(Cl)cc3)[nH]c2c1-c1cccc([N+](=O)[O-])c1. The normalized spacial score (nSPS) is 11.0. The molecule has 0 aliphatic heterocycles. The molecule has 0 aliphatic carbocycles. The summed E-state index contributed by atoms with van der Waals surface area (Å²) in [5.41, 5.74) is 2.85. The van der Waals surface area contributed by atoms with Crippen molar-refractivity contribution in [3.05, 3.63) is 85.9 Å². The molecule has 0 amide bonds. The van der Waals surface area contributed by atoms with Crippen LogP contribution in [0.15, 0.2) is 59.5 Å². The van der Waals surface area contributed by atoms with Crippen molar-refractivity contribution in [2.75, 3.05) is 0 Å². The summed E-state index contributed by atoms with van der Waals surface area (Å²) in [4.78, 5) is 27.8. The fourth-order valence-corrected chi connectivity index (χ4v) is 3.19. The van der Waals surface area contributed by atoms with Crippen molar-refractivity contribution < 1.29 is 4.92 Å². The van der Waals surface area contributed by atoms with Crippen LogP contribution >= 0.6 is 11.6 Å². The molecular formula is C19H13ClN4O3. The third kappa shape index (κ3) is 2.88. The van der Waals surface area contributed by atoms with Crippen molar-refractivity contribution in [1.82, 2.24) is 14.8 Å². The Morgan fingerprint density at radius 3 is 2.63 bits per heavy atom. The van der Waals surface area contributed by atoms with Gasteiger partial charge in [0.25, 0.3) is 11.2 Å². The molecule has 0 unspecified atom stereocenters. The monoisotopic (exact) mass is 380 g/mol. The van der Waals surface area contributed by atoms with E-state index < -0.39 is 4.92 Å².